The van der Waals surface area contributed by atoms with Crippen LogP contribution in [0.25, 0.3) is 5.65 Å². The van der Waals surface area contributed by atoms with Gasteiger partial charge in [0.15, 0.2) is 22.3 Å². The Labute approximate surface area is 170 Å². The number of carbonyl (C=O) groups is 2. The van der Waals surface area contributed by atoms with Crippen LogP contribution in [0.5, 0.6) is 11.5 Å². The van der Waals surface area contributed by atoms with E-state index in [1.165, 1.54) is 11.8 Å². The third-order valence-electron chi connectivity index (χ3n) is 4.04. The largest absolute Gasteiger partial charge is 0.486 e. The van der Waals surface area contributed by atoms with Crippen LogP contribution in [-0.2, 0) is 4.79 Å². The monoisotopic (exact) mass is 414 g/mol. The second kappa shape index (κ2) is 7.95. The summed E-state index contributed by atoms with van der Waals surface area (Å²) in [5.41, 5.74) is 1.99. The number of nitrogens with zero attached hydrogens (tertiary/aromatic N) is 4. The first kappa shape index (κ1) is 19.0. The highest BCUT2D eigenvalue weighted by Crippen LogP contribution is 2.32. The molecule has 0 bridgehead atoms. The van der Waals surface area contributed by atoms with Gasteiger partial charge in [0.25, 0.3) is 0 Å². The molecule has 1 aliphatic rings. The number of thioether (sulfide) groups is 1. The van der Waals surface area contributed by atoms with Gasteiger partial charge in [0.2, 0.25) is 5.91 Å². The summed E-state index contributed by atoms with van der Waals surface area (Å²) in [4.78, 5) is 28.6. The molecule has 3 heterocycles. The molecule has 3 amide bonds. The summed E-state index contributed by atoms with van der Waals surface area (Å²) in [5.74, 6) is 1.44. The van der Waals surface area contributed by atoms with Crippen LogP contribution in [0.3, 0.4) is 0 Å². The van der Waals surface area contributed by atoms with Gasteiger partial charge in [-0.2, -0.15) is 0 Å². The summed E-state index contributed by atoms with van der Waals surface area (Å²) >= 11 is 1.17. The Bertz CT molecular complexity index is 1100. The number of nitrogens with one attached hydrogen (secondary N) is 2. The molecule has 0 fully saturated rings. The van der Waals surface area contributed by atoms with E-state index >= 15 is 0 Å². The molecule has 0 radical (unpaired) electrons. The average molecular weight is 414 g/mol. The molecule has 2 aromatic heterocycles. The maximum absolute atomic E-state index is 12.1. The number of hydrogen-bond acceptors (Lipinski definition) is 8. The number of carbonyl (C=O) groups excluding carboxylic acids is 2. The predicted octanol–water partition coefficient (Wildman–Crippen LogP) is 1.95. The van der Waals surface area contributed by atoms with Crippen LogP contribution in [0.4, 0.5) is 10.5 Å². The summed E-state index contributed by atoms with van der Waals surface area (Å²) < 4.78 is 12.7. The van der Waals surface area contributed by atoms with Gasteiger partial charge in [-0.25, -0.2) is 9.78 Å². The maximum Gasteiger partial charge on any atom is 0.325 e. The number of fused-ring (bicyclic) bond motifs is 2. The zero-order valence-electron chi connectivity index (χ0n) is 15.8. The number of benzene rings is 1. The van der Waals surface area contributed by atoms with E-state index in [0.717, 1.165) is 11.5 Å². The number of imide groups is 1. The van der Waals surface area contributed by atoms with Gasteiger partial charge in [0.1, 0.15) is 19.0 Å². The fraction of sp³-hybridized carbons (Fsp3) is 0.278. The standard InChI is InChI=1S/C18H18N6O4S/c1-10-7-15-22-23-18(24(15)11(2)19-10)29-9-16(25)21-17(26)20-12-3-4-13-14(8-12)28-6-5-27-13/h3-4,7-8H,5-6,9H2,1-2H3,(H2,20,21,25,26). The fourth-order valence-corrected chi connectivity index (χ4v) is 3.66. The number of aromatic nitrogens is 4. The lowest BCUT2D eigenvalue weighted by Gasteiger charge is -2.19. The Hall–Kier alpha value is -3.34. The normalized spacial score (nSPS) is 12.6. The first-order valence-corrected chi connectivity index (χ1v) is 9.81. The van der Waals surface area contributed by atoms with Gasteiger partial charge in [-0.1, -0.05) is 11.8 Å². The van der Waals surface area contributed by atoms with E-state index in [4.69, 9.17) is 9.47 Å². The van der Waals surface area contributed by atoms with Gasteiger partial charge in [-0.05, 0) is 26.0 Å². The third kappa shape index (κ3) is 4.24. The number of urea groups is 1. The zero-order valence-corrected chi connectivity index (χ0v) is 16.6. The minimum absolute atomic E-state index is 0.00265. The van der Waals surface area contributed by atoms with Crippen LogP contribution < -0.4 is 20.1 Å². The number of hydrogen-bond donors (Lipinski definition) is 2. The van der Waals surface area contributed by atoms with Crippen molar-refractivity contribution in [1.29, 1.82) is 0 Å². The van der Waals surface area contributed by atoms with Gasteiger partial charge in [0.05, 0.1) is 5.75 Å². The lowest BCUT2D eigenvalue weighted by Crippen LogP contribution is -2.35. The molecule has 0 saturated heterocycles. The molecule has 1 aliphatic heterocycles. The quantitative estimate of drug-likeness (QED) is 0.622. The Morgan fingerprint density at radius 2 is 1.93 bits per heavy atom. The number of amides is 3. The van der Waals surface area contributed by atoms with Crippen LogP contribution in [-0.4, -0.2) is 50.5 Å². The lowest BCUT2D eigenvalue weighted by atomic mass is 10.2. The van der Waals surface area contributed by atoms with Gasteiger partial charge < -0.3 is 14.8 Å². The van der Waals surface area contributed by atoms with Crippen molar-refractivity contribution >= 4 is 35.0 Å². The van der Waals surface area contributed by atoms with E-state index in [9.17, 15) is 9.59 Å². The van der Waals surface area contributed by atoms with Crippen molar-refractivity contribution in [3.63, 3.8) is 0 Å². The van der Waals surface area contributed by atoms with E-state index in [0.29, 0.717) is 41.2 Å². The topological polar surface area (TPSA) is 120 Å². The van der Waals surface area contributed by atoms with Crippen molar-refractivity contribution in [2.75, 3.05) is 24.3 Å². The summed E-state index contributed by atoms with van der Waals surface area (Å²) in [6.07, 6.45) is 0. The Kier molecular flexibility index (Phi) is 5.21. The van der Waals surface area contributed by atoms with Gasteiger partial charge in [-0.15, -0.1) is 10.2 Å². The number of aryl methyl sites for hydroxylation is 2. The van der Waals surface area contributed by atoms with Crippen LogP contribution >= 0.6 is 11.8 Å². The first-order valence-electron chi connectivity index (χ1n) is 8.82. The van der Waals surface area contributed by atoms with Crippen LogP contribution in [0.15, 0.2) is 29.4 Å². The molecule has 0 aliphatic carbocycles. The highest BCUT2D eigenvalue weighted by Gasteiger charge is 2.15. The summed E-state index contributed by atoms with van der Waals surface area (Å²) in [6, 6.07) is 6.20. The van der Waals surface area contributed by atoms with E-state index in [1.807, 2.05) is 19.9 Å². The first-order chi connectivity index (χ1) is 14.0. The predicted molar refractivity (Wildman–Crippen MR) is 106 cm³/mol. The molecular weight excluding hydrogens is 396 g/mol. The molecule has 150 valence electrons. The molecule has 0 saturated carbocycles. The zero-order chi connectivity index (χ0) is 20.4. The van der Waals surface area contributed by atoms with Gasteiger partial charge in [-0.3, -0.25) is 14.5 Å². The summed E-state index contributed by atoms with van der Waals surface area (Å²) in [5, 5.41) is 13.6. The minimum atomic E-state index is -0.633. The highest BCUT2D eigenvalue weighted by atomic mass is 32.2. The Morgan fingerprint density at radius 1 is 1.14 bits per heavy atom. The van der Waals surface area contributed by atoms with E-state index in [1.54, 1.807) is 22.6 Å². The summed E-state index contributed by atoms with van der Waals surface area (Å²) in [7, 11) is 0. The molecule has 0 spiro atoms. The van der Waals surface area contributed by atoms with Gasteiger partial charge >= 0.3 is 6.03 Å². The maximum atomic E-state index is 12.1. The molecule has 3 aromatic rings. The van der Waals surface area contributed by atoms with Crippen molar-refractivity contribution in [3.05, 3.63) is 35.8 Å². The van der Waals surface area contributed by atoms with Crippen molar-refractivity contribution < 1.29 is 19.1 Å². The smallest absolute Gasteiger partial charge is 0.325 e. The van der Waals surface area contributed by atoms with E-state index in [2.05, 4.69) is 25.8 Å². The lowest BCUT2D eigenvalue weighted by molar-refractivity contribution is -0.117. The Morgan fingerprint density at radius 3 is 2.76 bits per heavy atom. The minimum Gasteiger partial charge on any atom is -0.486 e. The fourth-order valence-electron chi connectivity index (χ4n) is 2.87. The van der Waals surface area contributed by atoms with E-state index < -0.39 is 11.9 Å². The number of anilines is 1. The van der Waals surface area contributed by atoms with Gasteiger partial charge in [0, 0.05) is 23.5 Å². The van der Waals surface area contributed by atoms with E-state index in [-0.39, 0.29) is 5.75 Å². The van der Waals surface area contributed by atoms with Crippen LogP contribution in [0.1, 0.15) is 11.5 Å². The molecule has 2 N–H and O–H groups in total. The molecular formula is C18H18N6O4S. The van der Waals surface area contributed by atoms with Crippen molar-refractivity contribution in [1.82, 2.24) is 24.9 Å². The average Bonchev–Trinajstić information content (AvgIpc) is 3.09. The molecule has 0 unspecified atom stereocenters. The Balaban J connectivity index is 1.33. The number of rotatable bonds is 4. The van der Waals surface area contributed by atoms with Crippen LogP contribution in [0, 0.1) is 13.8 Å². The highest BCUT2D eigenvalue weighted by molar-refractivity contribution is 7.99. The van der Waals surface area contributed by atoms with Crippen LogP contribution in [0.2, 0.25) is 0 Å². The SMILES string of the molecule is Cc1cc2nnc(SCC(=O)NC(=O)Nc3ccc4c(c3)OCCO4)n2c(C)n1. The molecule has 1 aromatic carbocycles. The summed E-state index contributed by atoms with van der Waals surface area (Å²) in [6.45, 7) is 4.66. The number of ether oxygens (including phenoxy) is 2. The molecule has 29 heavy (non-hydrogen) atoms. The molecule has 0 atom stereocenters. The second-order valence-corrected chi connectivity index (χ2v) is 7.21. The van der Waals surface area contributed by atoms with Crippen molar-refractivity contribution in [2.24, 2.45) is 0 Å². The molecule has 11 heteroatoms. The van der Waals surface area contributed by atoms with Crippen molar-refractivity contribution in [3.8, 4) is 11.5 Å². The molecule has 4 rings (SSSR count). The van der Waals surface area contributed by atoms with Crippen molar-refractivity contribution in [2.45, 2.75) is 19.0 Å². The molecule has 10 nitrogen and oxygen atoms in total. The third-order valence-corrected chi connectivity index (χ3v) is 4.97. The second-order valence-electron chi connectivity index (χ2n) is 6.27.